The summed E-state index contributed by atoms with van der Waals surface area (Å²) >= 11 is 0. The summed E-state index contributed by atoms with van der Waals surface area (Å²) in [5.74, 6) is 2.81. The van der Waals surface area contributed by atoms with Crippen molar-refractivity contribution < 1.29 is 0 Å². The molecule has 0 aliphatic heterocycles. The molecule has 0 radical (unpaired) electrons. The van der Waals surface area contributed by atoms with Gasteiger partial charge in [-0.15, -0.1) is 0 Å². The van der Waals surface area contributed by atoms with Crippen LogP contribution in [0.15, 0.2) is 30.3 Å². The zero-order chi connectivity index (χ0) is 9.84. The van der Waals surface area contributed by atoms with Crippen LogP contribution >= 0.6 is 0 Å². The molecule has 0 spiro atoms. The molecule has 1 rings (SSSR count). The van der Waals surface area contributed by atoms with E-state index in [0.717, 1.165) is 0 Å². The average molecular weight is 175 g/mol. The molecule has 0 nitrogen and oxygen atoms in total. The molecule has 0 saturated carbocycles. The van der Waals surface area contributed by atoms with E-state index in [1.807, 2.05) is 0 Å². The van der Waals surface area contributed by atoms with Gasteiger partial charge in [0.2, 0.25) is 0 Å². The van der Waals surface area contributed by atoms with Crippen molar-refractivity contribution in [3.05, 3.63) is 41.8 Å². The fourth-order valence-corrected chi connectivity index (χ4v) is 1.55. The SMILES string of the molecule is C[C+](C)[C@H](C)[C@@H](C)c1ccccc1. The highest BCUT2D eigenvalue weighted by Crippen LogP contribution is 2.29. The Morgan fingerprint density at radius 3 is 2.00 bits per heavy atom. The highest BCUT2D eigenvalue weighted by atomic mass is 14.2. The lowest BCUT2D eigenvalue weighted by molar-refractivity contribution is 0.506. The van der Waals surface area contributed by atoms with Gasteiger partial charge in [0, 0.05) is 5.92 Å². The van der Waals surface area contributed by atoms with Crippen LogP contribution in [0.5, 0.6) is 0 Å². The predicted octanol–water partition coefficient (Wildman–Crippen LogP) is 4.04. The highest BCUT2D eigenvalue weighted by molar-refractivity contribution is 5.20. The van der Waals surface area contributed by atoms with Gasteiger partial charge in [0.25, 0.3) is 0 Å². The van der Waals surface area contributed by atoms with Gasteiger partial charge in [-0.3, -0.25) is 0 Å². The van der Waals surface area contributed by atoms with Crippen molar-refractivity contribution in [2.45, 2.75) is 33.6 Å². The van der Waals surface area contributed by atoms with Crippen LogP contribution in [-0.4, -0.2) is 0 Å². The summed E-state index contributed by atoms with van der Waals surface area (Å²) in [4.78, 5) is 0. The zero-order valence-corrected chi connectivity index (χ0v) is 9.04. The van der Waals surface area contributed by atoms with Crippen molar-refractivity contribution in [3.8, 4) is 0 Å². The van der Waals surface area contributed by atoms with Gasteiger partial charge < -0.3 is 0 Å². The summed E-state index contributed by atoms with van der Waals surface area (Å²) in [5.41, 5.74) is 1.44. The van der Waals surface area contributed by atoms with E-state index in [4.69, 9.17) is 0 Å². The molecule has 1 aromatic carbocycles. The summed E-state index contributed by atoms with van der Waals surface area (Å²) < 4.78 is 0. The summed E-state index contributed by atoms with van der Waals surface area (Å²) in [7, 11) is 0. The van der Waals surface area contributed by atoms with Gasteiger partial charge in [0.15, 0.2) is 0 Å². The van der Waals surface area contributed by atoms with E-state index in [-0.39, 0.29) is 0 Å². The molecule has 0 unspecified atom stereocenters. The Labute approximate surface area is 82.0 Å². The van der Waals surface area contributed by atoms with Gasteiger partial charge in [0.1, 0.15) is 5.92 Å². The second-order valence-electron chi connectivity index (χ2n) is 4.07. The molecule has 1 aromatic rings. The normalized spacial score (nSPS) is 15.1. The molecule has 0 aliphatic rings. The predicted molar refractivity (Wildman–Crippen MR) is 58.6 cm³/mol. The number of rotatable bonds is 3. The second kappa shape index (κ2) is 4.36. The fourth-order valence-electron chi connectivity index (χ4n) is 1.55. The van der Waals surface area contributed by atoms with Crippen LogP contribution in [0.25, 0.3) is 0 Å². The maximum absolute atomic E-state index is 2.30. The molecule has 2 atom stereocenters. The van der Waals surface area contributed by atoms with Crippen molar-refractivity contribution >= 4 is 0 Å². The Kier molecular flexibility index (Phi) is 3.41. The van der Waals surface area contributed by atoms with Crippen LogP contribution in [0, 0.1) is 11.8 Å². The minimum absolute atomic E-state index is 0.631. The monoisotopic (exact) mass is 175 g/mol. The van der Waals surface area contributed by atoms with Crippen molar-refractivity contribution in [2.24, 2.45) is 5.92 Å². The van der Waals surface area contributed by atoms with Crippen molar-refractivity contribution in [3.63, 3.8) is 0 Å². The van der Waals surface area contributed by atoms with Crippen molar-refractivity contribution in [1.29, 1.82) is 0 Å². The quantitative estimate of drug-likeness (QED) is 0.608. The Morgan fingerprint density at radius 1 is 1.00 bits per heavy atom. The van der Waals surface area contributed by atoms with Gasteiger partial charge in [-0.05, 0) is 12.5 Å². The molecule has 70 valence electrons. The van der Waals surface area contributed by atoms with Crippen molar-refractivity contribution in [1.82, 2.24) is 0 Å². The van der Waals surface area contributed by atoms with Crippen LogP contribution in [0.4, 0.5) is 0 Å². The van der Waals surface area contributed by atoms with E-state index in [2.05, 4.69) is 58.0 Å². The number of hydrogen-bond acceptors (Lipinski definition) is 0. The maximum atomic E-state index is 2.30. The first-order valence-electron chi connectivity index (χ1n) is 4.98. The first-order chi connectivity index (χ1) is 6.13. The van der Waals surface area contributed by atoms with E-state index in [0.29, 0.717) is 11.8 Å². The first-order valence-corrected chi connectivity index (χ1v) is 4.98. The fraction of sp³-hybridized carbons (Fsp3) is 0.462. The van der Waals surface area contributed by atoms with E-state index < -0.39 is 0 Å². The van der Waals surface area contributed by atoms with Crippen LogP contribution in [0.1, 0.15) is 39.2 Å². The Morgan fingerprint density at radius 2 is 1.54 bits per heavy atom. The molecule has 0 aliphatic carbocycles. The topological polar surface area (TPSA) is 0 Å². The average Bonchev–Trinajstić information content (AvgIpc) is 2.17. The minimum Gasteiger partial charge on any atom is -0.0622 e. The van der Waals surface area contributed by atoms with E-state index in [1.165, 1.54) is 11.5 Å². The third-order valence-corrected chi connectivity index (χ3v) is 2.99. The van der Waals surface area contributed by atoms with E-state index in [9.17, 15) is 0 Å². The number of hydrogen-bond donors (Lipinski definition) is 0. The Hall–Kier alpha value is -0.910. The summed E-state index contributed by atoms with van der Waals surface area (Å²) in [5, 5.41) is 0. The molecule has 0 saturated heterocycles. The third-order valence-electron chi connectivity index (χ3n) is 2.99. The minimum atomic E-state index is 0.631. The second-order valence-corrected chi connectivity index (χ2v) is 4.07. The summed E-state index contributed by atoms with van der Waals surface area (Å²) in [6.45, 7) is 9.02. The zero-order valence-electron chi connectivity index (χ0n) is 9.04. The smallest absolute Gasteiger partial charge is 0.0622 e. The molecular formula is C13H19+. The standard InChI is InChI=1S/C13H19/c1-10(2)11(3)12(4)13-8-6-5-7-9-13/h5-9,11-12H,1-4H3/q+1/t11-,12+/m0/s1. The molecule has 13 heavy (non-hydrogen) atoms. The Bertz CT molecular complexity index is 235. The van der Waals surface area contributed by atoms with Crippen LogP contribution < -0.4 is 0 Å². The molecule has 0 N–H and O–H groups in total. The molecule has 0 amide bonds. The lowest BCUT2D eigenvalue weighted by Crippen LogP contribution is -2.10. The lowest BCUT2D eigenvalue weighted by atomic mass is 9.82. The highest BCUT2D eigenvalue weighted by Gasteiger charge is 2.24. The van der Waals surface area contributed by atoms with Crippen molar-refractivity contribution in [2.75, 3.05) is 0 Å². The largest absolute Gasteiger partial charge is 0.103 e. The van der Waals surface area contributed by atoms with Crippen LogP contribution in [0.3, 0.4) is 0 Å². The summed E-state index contributed by atoms with van der Waals surface area (Å²) in [6.07, 6.45) is 0. The van der Waals surface area contributed by atoms with Gasteiger partial charge in [-0.25, -0.2) is 0 Å². The maximum Gasteiger partial charge on any atom is 0.103 e. The van der Waals surface area contributed by atoms with Gasteiger partial charge >= 0.3 is 0 Å². The van der Waals surface area contributed by atoms with E-state index in [1.54, 1.807) is 0 Å². The molecule has 0 fully saturated rings. The van der Waals surface area contributed by atoms with Crippen LogP contribution in [0.2, 0.25) is 0 Å². The molecule has 0 heterocycles. The summed E-state index contributed by atoms with van der Waals surface area (Å²) in [6, 6.07) is 10.7. The number of benzene rings is 1. The first kappa shape index (κ1) is 10.2. The van der Waals surface area contributed by atoms with Gasteiger partial charge in [0.05, 0.1) is 19.8 Å². The lowest BCUT2D eigenvalue weighted by Gasteiger charge is -2.16. The van der Waals surface area contributed by atoms with Gasteiger partial charge in [-0.1, -0.05) is 37.3 Å². The van der Waals surface area contributed by atoms with Crippen LogP contribution in [-0.2, 0) is 0 Å². The third kappa shape index (κ3) is 2.51. The van der Waals surface area contributed by atoms with E-state index >= 15 is 0 Å². The Balaban J connectivity index is 2.73. The molecule has 0 bridgehead atoms. The molecular weight excluding hydrogens is 156 g/mol. The molecule has 0 heteroatoms. The molecule has 0 aromatic heterocycles. The van der Waals surface area contributed by atoms with Gasteiger partial charge in [-0.2, -0.15) is 0 Å².